The third kappa shape index (κ3) is 3.56. The summed E-state index contributed by atoms with van der Waals surface area (Å²) in [6, 6.07) is 0.321. The molecule has 118 valence electrons. The number of nitrogens with zero attached hydrogens (tertiary/aromatic N) is 4. The van der Waals surface area contributed by atoms with E-state index in [-0.39, 0.29) is 5.91 Å². The molecule has 22 heavy (non-hydrogen) atoms. The van der Waals surface area contributed by atoms with Crippen LogP contribution in [0.1, 0.15) is 47.0 Å². The van der Waals surface area contributed by atoms with Gasteiger partial charge in [-0.2, -0.15) is 9.97 Å². The van der Waals surface area contributed by atoms with Gasteiger partial charge in [0.2, 0.25) is 0 Å². The molecule has 0 fully saturated rings. The number of carbonyl (C=O) groups excluding carboxylic acids is 1. The first-order chi connectivity index (χ1) is 10.6. The van der Waals surface area contributed by atoms with Crippen LogP contribution >= 0.6 is 11.5 Å². The molecule has 0 unspecified atom stereocenters. The van der Waals surface area contributed by atoms with Crippen LogP contribution in [-0.2, 0) is 6.42 Å². The van der Waals surface area contributed by atoms with Gasteiger partial charge in [0.1, 0.15) is 4.88 Å². The average molecular weight is 321 g/mol. The van der Waals surface area contributed by atoms with E-state index in [9.17, 15) is 4.79 Å². The van der Waals surface area contributed by atoms with Gasteiger partial charge in [-0.05, 0) is 38.7 Å². The van der Waals surface area contributed by atoms with Gasteiger partial charge in [0.25, 0.3) is 5.91 Å². The number of hydrogen-bond acceptors (Lipinski definition) is 7. The van der Waals surface area contributed by atoms with Crippen molar-refractivity contribution in [3.8, 4) is 6.01 Å². The van der Waals surface area contributed by atoms with E-state index in [4.69, 9.17) is 4.74 Å². The molecule has 2 aromatic heterocycles. The maximum atomic E-state index is 12.4. The Balaban J connectivity index is 2.23. The Labute approximate surface area is 133 Å². The molecule has 2 rings (SSSR count). The fourth-order valence-electron chi connectivity index (χ4n) is 2.01. The summed E-state index contributed by atoms with van der Waals surface area (Å²) in [5, 5.41) is 6.87. The topological polar surface area (TPSA) is 89.9 Å². The number of nitrogens with one attached hydrogen (secondary N) is 1. The molecular formula is C14H19N5O2S. The summed E-state index contributed by atoms with van der Waals surface area (Å²) in [6.45, 7) is 8.03. The summed E-state index contributed by atoms with van der Waals surface area (Å²) < 4.78 is 9.16. The zero-order valence-electron chi connectivity index (χ0n) is 13.1. The quantitative estimate of drug-likeness (QED) is 0.879. The molecule has 0 atom stereocenters. The minimum atomic E-state index is -0.225. The minimum Gasteiger partial charge on any atom is -0.464 e. The molecule has 0 saturated carbocycles. The number of rotatable bonds is 6. The Morgan fingerprint density at radius 1 is 1.23 bits per heavy atom. The van der Waals surface area contributed by atoms with Crippen molar-refractivity contribution in [1.82, 2.24) is 19.6 Å². The lowest BCUT2D eigenvalue weighted by Gasteiger charge is -2.11. The molecule has 8 heteroatoms. The van der Waals surface area contributed by atoms with Gasteiger partial charge in [0.05, 0.1) is 29.4 Å². The molecule has 0 aliphatic heterocycles. The van der Waals surface area contributed by atoms with Crippen LogP contribution in [0.25, 0.3) is 0 Å². The van der Waals surface area contributed by atoms with Crippen LogP contribution in [0.3, 0.4) is 0 Å². The Kier molecular flexibility index (Phi) is 5.37. The average Bonchev–Trinajstić information content (AvgIpc) is 2.92. The monoisotopic (exact) mass is 321 g/mol. The smallest absolute Gasteiger partial charge is 0.316 e. The van der Waals surface area contributed by atoms with Crippen molar-refractivity contribution in [3.05, 3.63) is 22.0 Å². The second-order valence-corrected chi connectivity index (χ2v) is 5.49. The number of ether oxygens (including phenoxy) is 1. The van der Waals surface area contributed by atoms with Gasteiger partial charge in [-0.25, -0.2) is 0 Å². The van der Waals surface area contributed by atoms with Crippen LogP contribution in [0.15, 0.2) is 0 Å². The lowest BCUT2D eigenvalue weighted by Crippen LogP contribution is -2.16. The van der Waals surface area contributed by atoms with Crippen molar-refractivity contribution in [2.75, 3.05) is 11.9 Å². The van der Waals surface area contributed by atoms with E-state index in [1.54, 1.807) is 0 Å². The number of aryl methyl sites for hydroxylation is 3. The molecule has 2 aromatic rings. The Bertz CT molecular complexity index is 648. The van der Waals surface area contributed by atoms with Gasteiger partial charge in [-0.1, -0.05) is 17.8 Å². The molecule has 0 aromatic carbocycles. The van der Waals surface area contributed by atoms with Crippen molar-refractivity contribution >= 4 is 23.1 Å². The van der Waals surface area contributed by atoms with Crippen LogP contribution in [0.2, 0.25) is 0 Å². The summed E-state index contributed by atoms with van der Waals surface area (Å²) in [5.74, 6) is -0.225. The molecule has 0 radical (unpaired) electrons. The first-order valence-electron chi connectivity index (χ1n) is 7.17. The molecule has 1 N–H and O–H groups in total. The largest absolute Gasteiger partial charge is 0.464 e. The van der Waals surface area contributed by atoms with E-state index >= 15 is 0 Å². The highest BCUT2D eigenvalue weighted by Crippen LogP contribution is 2.22. The summed E-state index contributed by atoms with van der Waals surface area (Å²) in [6.07, 6.45) is 1.65. The van der Waals surface area contributed by atoms with E-state index in [0.717, 1.165) is 30.1 Å². The van der Waals surface area contributed by atoms with Crippen molar-refractivity contribution in [3.63, 3.8) is 0 Å². The molecule has 0 bridgehead atoms. The molecule has 1 amide bonds. The molecule has 7 nitrogen and oxygen atoms in total. The second kappa shape index (κ2) is 7.26. The number of carbonyl (C=O) groups is 1. The highest BCUT2D eigenvalue weighted by Gasteiger charge is 2.18. The normalized spacial score (nSPS) is 10.5. The summed E-state index contributed by atoms with van der Waals surface area (Å²) >= 11 is 1.10. The predicted molar refractivity (Wildman–Crippen MR) is 84.5 cm³/mol. The summed E-state index contributed by atoms with van der Waals surface area (Å²) in [7, 11) is 0. The Hall–Kier alpha value is -2.09. The predicted octanol–water partition coefficient (Wildman–Crippen LogP) is 2.55. The van der Waals surface area contributed by atoms with E-state index < -0.39 is 0 Å². The van der Waals surface area contributed by atoms with Gasteiger partial charge < -0.3 is 10.1 Å². The lowest BCUT2D eigenvalue weighted by atomic mass is 10.2. The molecule has 0 aliphatic rings. The molecule has 0 aliphatic carbocycles. The maximum absolute atomic E-state index is 12.4. The lowest BCUT2D eigenvalue weighted by molar-refractivity contribution is 0.102. The number of anilines is 1. The van der Waals surface area contributed by atoms with Crippen molar-refractivity contribution in [1.29, 1.82) is 0 Å². The SMILES string of the molecule is CCCc1nnsc1C(=O)Nc1c(C)nc(OCC)nc1C. The third-order valence-electron chi connectivity index (χ3n) is 3.01. The van der Waals surface area contributed by atoms with Gasteiger partial charge in [-0.3, -0.25) is 4.79 Å². The van der Waals surface area contributed by atoms with Gasteiger partial charge in [-0.15, -0.1) is 5.10 Å². The van der Waals surface area contributed by atoms with E-state index in [0.29, 0.717) is 34.6 Å². The Morgan fingerprint density at radius 3 is 2.50 bits per heavy atom. The van der Waals surface area contributed by atoms with Crippen LogP contribution in [0.4, 0.5) is 5.69 Å². The molecular weight excluding hydrogens is 302 g/mol. The standard InChI is InChI=1S/C14H19N5O2S/c1-5-7-10-12(22-19-18-10)13(20)17-11-8(3)15-14(21-6-2)16-9(11)4/h5-7H2,1-4H3,(H,17,20). The van der Waals surface area contributed by atoms with E-state index in [1.807, 2.05) is 27.7 Å². The fourth-order valence-corrected chi connectivity index (χ4v) is 2.62. The summed E-state index contributed by atoms with van der Waals surface area (Å²) in [5.41, 5.74) is 2.66. The maximum Gasteiger partial charge on any atom is 0.316 e. The zero-order chi connectivity index (χ0) is 16.1. The number of amides is 1. The molecule has 0 spiro atoms. The van der Waals surface area contributed by atoms with Crippen molar-refractivity contribution in [2.45, 2.75) is 40.5 Å². The summed E-state index contributed by atoms with van der Waals surface area (Å²) in [4.78, 5) is 21.4. The van der Waals surface area contributed by atoms with Crippen molar-refractivity contribution in [2.24, 2.45) is 0 Å². The van der Waals surface area contributed by atoms with Gasteiger partial charge >= 0.3 is 6.01 Å². The second-order valence-electron chi connectivity index (χ2n) is 4.74. The molecule has 2 heterocycles. The highest BCUT2D eigenvalue weighted by molar-refractivity contribution is 7.08. The third-order valence-corrected chi connectivity index (χ3v) is 3.78. The van der Waals surface area contributed by atoms with Crippen LogP contribution < -0.4 is 10.1 Å². The van der Waals surface area contributed by atoms with Gasteiger partial charge in [0.15, 0.2) is 0 Å². The Morgan fingerprint density at radius 2 is 1.91 bits per heavy atom. The van der Waals surface area contributed by atoms with Crippen LogP contribution in [0.5, 0.6) is 6.01 Å². The van der Waals surface area contributed by atoms with Crippen molar-refractivity contribution < 1.29 is 9.53 Å². The van der Waals surface area contributed by atoms with Crippen LogP contribution in [-0.4, -0.2) is 32.1 Å². The number of hydrogen-bond donors (Lipinski definition) is 1. The van der Waals surface area contributed by atoms with E-state index in [2.05, 4.69) is 24.9 Å². The van der Waals surface area contributed by atoms with E-state index in [1.165, 1.54) is 0 Å². The van der Waals surface area contributed by atoms with Gasteiger partial charge in [0, 0.05) is 0 Å². The first kappa shape index (κ1) is 16.3. The number of aromatic nitrogens is 4. The molecule has 0 saturated heterocycles. The highest BCUT2D eigenvalue weighted by atomic mass is 32.1. The zero-order valence-corrected chi connectivity index (χ0v) is 14.0. The fraction of sp³-hybridized carbons (Fsp3) is 0.500. The van der Waals surface area contributed by atoms with Crippen LogP contribution in [0, 0.1) is 13.8 Å². The minimum absolute atomic E-state index is 0.225. The first-order valence-corrected chi connectivity index (χ1v) is 7.94.